The molecule has 0 aromatic carbocycles. The fourth-order valence-corrected chi connectivity index (χ4v) is 3.02. The molecule has 1 aliphatic carbocycles. The Balaban J connectivity index is 1.84. The summed E-state index contributed by atoms with van der Waals surface area (Å²) >= 11 is 0. The molecule has 2 rings (SSSR count). The summed E-state index contributed by atoms with van der Waals surface area (Å²) in [6, 6.07) is 0. The maximum atomic E-state index is 12.4. The van der Waals surface area contributed by atoms with Gasteiger partial charge in [0.05, 0.1) is 5.41 Å². The molecule has 102 valence electrons. The zero-order chi connectivity index (χ0) is 13.2. The van der Waals surface area contributed by atoms with Gasteiger partial charge in [-0.05, 0) is 31.6 Å². The fraction of sp³-hybridized carbons (Fsp3) is 0.846. The number of aliphatic carboxylic acids is 1. The van der Waals surface area contributed by atoms with Gasteiger partial charge in [-0.15, -0.1) is 0 Å². The van der Waals surface area contributed by atoms with Crippen LogP contribution in [0.1, 0.15) is 38.5 Å². The quantitative estimate of drug-likeness (QED) is 0.761. The molecule has 1 aliphatic heterocycles. The van der Waals surface area contributed by atoms with E-state index >= 15 is 0 Å². The number of carbonyl (C=O) groups excluding carboxylic acids is 1. The highest BCUT2D eigenvalue weighted by Crippen LogP contribution is 2.42. The number of nitrogens with zero attached hydrogens (tertiary/aromatic N) is 1. The normalized spacial score (nSPS) is 25.8. The highest BCUT2D eigenvalue weighted by molar-refractivity contribution is 5.84. The monoisotopic (exact) mass is 254 g/mol. The standard InChI is InChI=1S/C13H22N2O3/c14-9-13(5-1-6-13)12(18)15-7-4-10(8-15)2-3-11(16)17/h10H,1-9,14H2,(H,16,17). The summed E-state index contributed by atoms with van der Waals surface area (Å²) in [5.41, 5.74) is 5.46. The molecule has 5 heteroatoms. The summed E-state index contributed by atoms with van der Waals surface area (Å²) in [5, 5.41) is 8.67. The van der Waals surface area contributed by atoms with Gasteiger partial charge in [-0.2, -0.15) is 0 Å². The maximum Gasteiger partial charge on any atom is 0.303 e. The number of nitrogens with two attached hydrogens (primary N) is 1. The summed E-state index contributed by atoms with van der Waals surface area (Å²) in [6.45, 7) is 1.93. The molecule has 2 fully saturated rings. The Bertz CT molecular complexity index is 334. The molecule has 18 heavy (non-hydrogen) atoms. The molecule has 1 saturated heterocycles. The Morgan fingerprint density at radius 3 is 2.61 bits per heavy atom. The first kappa shape index (κ1) is 13.3. The molecule has 0 aromatic rings. The number of hydrogen-bond acceptors (Lipinski definition) is 3. The molecule has 1 heterocycles. The second-order valence-electron chi connectivity index (χ2n) is 5.68. The van der Waals surface area contributed by atoms with Crippen molar-refractivity contribution in [2.24, 2.45) is 17.1 Å². The van der Waals surface area contributed by atoms with Crippen molar-refractivity contribution in [1.29, 1.82) is 0 Å². The minimum atomic E-state index is -0.753. The van der Waals surface area contributed by atoms with Crippen LogP contribution < -0.4 is 5.73 Å². The molecule has 1 amide bonds. The summed E-state index contributed by atoms with van der Waals surface area (Å²) in [7, 11) is 0. The number of carboxylic acid groups (broad SMARTS) is 1. The van der Waals surface area contributed by atoms with E-state index in [9.17, 15) is 9.59 Å². The number of amides is 1. The van der Waals surface area contributed by atoms with E-state index in [4.69, 9.17) is 10.8 Å². The van der Waals surface area contributed by atoms with Gasteiger partial charge >= 0.3 is 5.97 Å². The highest BCUT2D eigenvalue weighted by Gasteiger charge is 2.46. The number of carboxylic acids is 1. The average molecular weight is 254 g/mol. The Kier molecular flexibility index (Phi) is 3.90. The van der Waals surface area contributed by atoms with Gasteiger partial charge in [0.15, 0.2) is 0 Å². The SMILES string of the molecule is NCC1(C(=O)N2CCC(CCC(=O)O)C2)CCC1. The smallest absolute Gasteiger partial charge is 0.303 e. The molecule has 2 aliphatic rings. The van der Waals surface area contributed by atoms with E-state index < -0.39 is 5.97 Å². The highest BCUT2D eigenvalue weighted by atomic mass is 16.4. The third kappa shape index (κ3) is 2.51. The number of hydrogen-bond donors (Lipinski definition) is 2. The second-order valence-corrected chi connectivity index (χ2v) is 5.68. The van der Waals surface area contributed by atoms with Crippen LogP contribution in [0.2, 0.25) is 0 Å². The predicted octanol–water partition coefficient (Wildman–Crippen LogP) is 0.829. The number of likely N-dealkylation sites (tertiary alicyclic amines) is 1. The molecule has 1 unspecified atom stereocenters. The van der Waals surface area contributed by atoms with Gasteiger partial charge in [0.25, 0.3) is 0 Å². The zero-order valence-corrected chi connectivity index (χ0v) is 10.7. The van der Waals surface area contributed by atoms with E-state index in [1.165, 1.54) is 0 Å². The van der Waals surface area contributed by atoms with Gasteiger partial charge in [-0.25, -0.2) is 0 Å². The van der Waals surface area contributed by atoms with Crippen molar-refractivity contribution in [3.63, 3.8) is 0 Å². The summed E-state index contributed by atoms with van der Waals surface area (Å²) in [6.07, 6.45) is 4.74. The van der Waals surface area contributed by atoms with Gasteiger partial charge in [-0.3, -0.25) is 9.59 Å². The Morgan fingerprint density at radius 1 is 1.39 bits per heavy atom. The van der Waals surface area contributed by atoms with Crippen LogP contribution in [0.15, 0.2) is 0 Å². The molecule has 0 bridgehead atoms. The van der Waals surface area contributed by atoms with Crippen molar-refractivity contribution in [1.82, 2.24) is 4.90 Å². The largest absolute Gasteiger partial charge is 0.481 e. The summed E-state index contributed by atoms with van der Waals surface area (Å²) in [4.78, 5) is 24.8. The zero-order valence-electron chi connectivity index (χ0n) is 10.7. The lowest BCUT2D eigenvalue weighted by molar-refractivity contribution is -0.145. The van der Waals surface area contributed by atoms with E-state index in [0.717, 1.165) is 32.2 Å². The summed E-state index contributed by atoms with van der Waals surface area (Å²) in [5.74, 6) is -0.203. The minimum Gasteiger partial charge on any atom is -0.481 e. The predicted molar refractivity (Wildman–Crippen MR) is 66.9 cm³/mol. The average Bonchev–Trinajstić information content (AvgIpc) is 2.74. The van der Waals surface area contributed by atoms with Gasteiger partial charge < -0.3 is 15.7 Å². The van der Waals surface area contributed by atoms with Crippen LogP contribution in [0.3, 0.4) is 0 Å². The lowest BCUT2D eigenvalue weighted by atomic mass is 9.68. The van der Waals surface area contributed by atoms with E-state index in [1.54, 1.807) is 0 Å². The molecule has 0 aromatic heterocycles. The third-order valence-corrected chi connectivity index (χ3v) is 4.49. The lowest BCUT2D eigenvalue weighted by Gasteiger charge is -2.41. The van der Waals surface area contributed by atoms with Crippen molar-refractivity contribution in [3.8, 4) is 0 Å². The summed E-state index contributed by atoms with van der Waals surface area (Å²) < 4.78 is 0. The van der Waals surface area contributed by atoms with Crippen LogP contribution >= 0.6 is 0 Å². The van der Waals surface area contributed by atoms with E-state index in [2.05, 4.69) is 0 Å². The Hall–Kier alpha value is -1.10. The minimum absolute atomic E-state index is 0.203. The Morgan fingerprint density at radius 2 is 2.11 bits per heavy atom. The Labute approximate surface area is 107 Å². The van der Waals surface area contributed by atoms with Gasteiger partial charge in [0, 0.05) is 26.1 Å². The van der Waals surface area contributed by atoms with Crippen molar-refractivity contribution in [2.75, 3.05) is 19.6 Å². The van der Waals surface area contributed by atoms with Crippen molar-refractivity contribution in [3.05, 3.63) is 0 Å². The molecular formula is C13H22N2O3. The first-order valence-corrected chi connectivity index (χ1v) is 6.79. The van der Waals surface area contributed by atoms with Crippen molar-refractivity contribution in [2.45, 2.75) is 38.5 Å². The molecule has 0 radical (unpaired) electrons. The van der Waals surface area contributed by atoms with Crippen molar-refractivity contribution >= 4 is 11.9 Å². The topological polar surface area (TPSA) is 83.6 Å². The number of carbonyl (C=O) groups is 2. The van der Waals surface area contributed by atoms with Crippen LogP contribution in [0.4, 0.5) is 0 Å². The first-order valence-electron chi connectivity index (χ1n) is 6.79. The van der Waals surface area contributed by atoms with E-state index in [-0.39, 0.29) is 17.7 Å². The fourth-order valence-electron chi connectivity index (χ4n) is 3.02. The van der Waals surface area contributed by atoms with E-state index in [1.807, 2.05) is 4.90 Å². The second kappa shape index (κ2) is 5.26. The van der Waals surface area contributed by atoms with Crippen LogP contribution in [0.5, 0.6) is 0 Å². The van der Waals surface area contributed by atoms with Gasteiger partial charge in [0.1, 0.15) is 0 Å². The van der Waals surface area contributed by atoms with Crippen LogP contribution in [0.25, 0.3) is 0 Å². The molecule has 1 atom stereocenters. The van der Waals surface area contributed by atoms with E-state index in [0.29, 0.717) is 25.4 Å². The third-order valence-electron chi connectivity index (χ3n) is 4.49. The molecule has 5 nitrogen and oxygen atoms in total. The lowest BCUT2D eigenvalue weighted by Crippen LogP contribution is -2.51. The first-order chi connectivity index (χ1) is 8.57. The van der Waals surface area contributed by atoms with Crippen LogP contribution in [-0.4, -0.2) is 41.5 Å². The molecule has 3 N–H and O–H groups in total. The molecular weight excluding hydrogens is 232 g/mol. The van der Waals surface area contributed by atoms with Crippen LogP contribution in [-0.2, 0) is 9.59 Å². The van der Waals surface area contributed by atoms with Gasteiger partial charge in [0.2, 0.25) is 5.91 Å². The van der Waals surface area contributed by atoms with Crippen molar-refractivity contribution < 1.29 is 14.7 Å². The maximum absolute atomic E-state index is 12.4. The van der Waals surface area contributed by atoms with Gasteiger partial charge in [-0.1, -0.05) is 6.42 Å². The molecule has 1 saturated carbocycles. The number of rotatable bonds is 5. The molecule has 0 spiro atoms. The van der Waals surface area contributed by atoms with Crippen LogP contribution in [0, 0.1) is 11.3 Å².